The van der Waals surface area contributed by atoms with Crippen molar-refractivity contribution in [3.8, 4) is 0 Å². The first-order chi connectivity index (χ1) is 18.5. The summed E-state index contributed by atoms with van der Waals surface area (Å²) >= 11 is 0. The van der Waals surface area contributed by atoms with Gasteiger partial charge in [-0.25, -0.2) is 9.59 Å². The van der Waals surface area contributed by atoms with Crippen LogP contribution in [0.15, 0.2) is 35.5 Å². The Bertz CT molecular complexity index is 1090. The van der Waals surface area contributed by atoms with Gasteiger partial charge in [-0.3, -0.25) is 4.99 Å². The third-order valence-corrected chi connectivity index (χ3v) is 6.63. The number of nitrogens with two attached hydrogens (primary N) is 2. The number of guanidine groups is 1. The van der Waals surface area contributed by atoms with E-state index in [2.05, 4.69) is 44.2 Å². The fourth-order valence-electron chi connectivity index (χ4n) is 4.39. The smallest absolute Gasteiger partial charge is 0.315 e. The maximum absolute atomic E-state index is 12.7. The monoisotopic (exact) mass is 542 g/mol. The molecule has 0 bridgehead atoms. The van der Waals surface area contributed by atoms with E-state index in [0.29, 0.717) is 38.8 Å². The van der Waals surface area contributed by atoms with Crippen LogP contribution in [0.5, 0.6) is 0 Å². The normalized spacial score (nSPS) is 13.4. The van der Waals surface area contributed by atoms with Crippen molar-refractivity contribution in [1.82, 2.24) is 26.3 Å². The molecule has 2 rings (SSSR count). The molecule has 0 saturated carbocycles. The summed E-state index contributed by atoms with van der Waals surface area (Å²) in [6.07, 6.45) is 5.06. The topological polar surface area (TPSA) is 180 Å². The molecule has 2 aromatic rings. The van der Waals surface area contributed by atoms with Gasteiger partial charge in [0.05, 0.1) is 0 Å². The largest absolute Gasteiger partial charge is 0.370 e. The Kier molecular flexibility index (Phi) is 13.1. The first-order valence-corrected chi connectivity index (χ1v) is 13.7. The molecule has 11 nitrogen and oxygen atoms in total. The van der Waals surface area contributed by atoms with Crippen molar-refractivity contribution < 1.29 is 14.4 Å². The molecule has 0 spiro atoms. The highest BCUT2D eigenvalue weighted by Gasteiger charge is 2.19. The van der Waals surface area contributed by atoms with Crippen LogP contribution in [-0.2, 0) is 11.2 Å². The number of hydrogen-bond donors (Lipinski definition) is 7. The van der Waals surface area contributed by atoms with Gasteiger partial charge < -0.3 is 42.5 Å². The zero-order chi connectivity index (χ0) is 28.8. The Morgan fingerprint density at radius 1 is 0.974 bits per heavy atom. The molecular weight excluding hydrogens is 496 g/mol. The first kappa shape index (κ1) is 31.5. The van der Waals surface area contributed by atoms with Crippen LogP contribution in [0.25, 0.3) is 10.9 Å². The lowest BCUT2D eigenvalue weighted by Crippen LogP contribution is -2.51. The highest BCUT2D eigenvalue weighted by molar-refractivity contribution is 5.83. The molecule has 0 radical (unpaired) electrons. The predicted octanol–water partition coefficient (Wildman–Crippen LogP) is 2.76. The minimum absolute atomic E-state index is 0.0178. The van der Waals surface area contributed by atoms with Crippen LogP contribution in [0.4, 0.5) is 9.59 Å². The number of urea groups is 2. The number of amides is 4. The molecule has 39 heavy (non-hydrogen) atoms. The zero-order valence-electron chi connectivity index (χ0n) is 23.7. The van der Waals surface area contributed by atoms with E-state index >= 15 is 0 Å². The summed E-state index contributed by atoms with van der Waals surface area (Å²) in [5.74, 6) is 0.515. The number of carbonyl (C=O) groups is 3. The Morgan fingerprint density at radius 3 is 2.36 bits per heavy atom. The number of H-pyrrole nitrogens is 1. The molecule has 1 heterocycles. The van der Waals surface area contributed by atoms with Gasteiger partial charge in [-0.1, -0.05) is 39.0 Å². The standard InChI is InChI=1S/C28H46N8O3/c1-18(2)24(12-11-20(4)37)36-28(39)34-17-22(8-7-13-31-26(29)30)35-27(38)33-15-19(3)14-21-16-32-25-10-6-5-9-23(21)25/h5-6,9-10,16,18-19,22,24,32H,7-8,11-15,17H2,1-4H3,(H4,29,30,31)(H2,33,35,38)(H2,34,36,39)/t19-,22-,24+/m0/s1. The molecule has 216 valence electrons. The number of carbonyl (C=O) groups excluding carboxylic acids is 3. The van der Waals surface area contributed by atoms with Crippen molar-refractivity contribution in [2.45, 2.75) is 71.9 Å². The molecule has 0 aliphatic heterocycles. The molecule has 3 atom stereocenters. The number of rotatable bonds is 16. The minimum atomic E-state index is -0.332. The summed E-state index contributed by atoms with van der Waals surface area (Å²) < 4.78 is 0. The lowest BCUT2D eigenvalue weighted by atomic mass is 9.98. The van der Waals surface area contributed by atoms with E-state index < -0.39 is 0 Å². The average molecular weight is 543 g/mol. The van der Waals surface area contributed by atoms with Crippen LogP contribution in [0.3, 0.4) is 0 Å². The summed E-state index contributed by atoms with van der Waals surface area (Å²) in [4.78, 5) is 43.9. The molecular formula is C28H46N8O3. The second kappa shape index (κ2) is 16.3. The van der Waals surface area contributed by atoms with Crippen molar-refractivity contribution in [2.75, 3.05) is 19.6 Å². The SMILES string of the molecule is CC(=O)CC[C@@H](NC(=O)NC[C@H](CCCN=C(N)N)NC(=O)NC[C@@H](C)Cc1c[nH]c2ccccc12)C(C)C. The zero-order valence-corrected chi connectivity index (χ0v) is 23.7. The number of benzene rings is 1. The van der Waals surface area contributed by atoms with Gasteiger partial charge in [0.2, 0.25) is 0 Å². The van der Waals surface area contributed by atoms with Crippen LogP contribution in [0, 0.1) is 11.8 Å². The maximum Gasteiger partial charge on any atom is 0.315 e. The number of nitrogens with one attached hydrogen (secondary N) is 5. The van der Waals surface area contributed by atoms with Gasteiger partial charge in [0.1, 0.15) is 5.78 Å². The van der Waals surface area contributed by atoms with E-state index in [1.807, 2.05) is 38.2 Å². The minimum Gasteiger partial charge on any atom is -0.370 e. The molecule has 0 aliphatic rings. The Morgan fingerprint density at radius 2 is 1.67 bits per heavy atom. The third-order valence-electron chi connectivity index (χ3n) is 6.63. The Balaban J connectivity index is 1.86. The number of aromatic amines is 1. The Hall–Kier alpha value is -3.76. The van der Waals surface area contributed by atoms with Crippen LogP contribution >= 0.6 is 0 Å². The Labute approximate surface area is 231 Å². The number of Topliss-reactive ketones (excluding diaryl/α,β-unsaturated/α-hetero) is 1. The van der Waals surface area contributed by atoms with Crippen LogP contribution < -0.4 is 32.7 Å². The summed E-state index contributed by atoms with van der Waals surface area (Å²) in [7, 11) is 0. The number of hydrogen-bond acceptors (Lipinski definition) is 4. The van der Waals surface area contributed by atoms with E-state index in [-0.39, 0.29) is 54.3 Å². The van der Waals surface area contributed by atoms with Crippen molar-refractivity contribution in [2.24, 2.45) is 28.3 Å². The highest BCUT2D eigenvalue weighted by atomic mass is 16.2. The van der Waals surface area contributed by atoms with E-state index in [1.54, 1.807) is 6.92 Å². The summed E-state index contributed by atoms with van der Waals surface area (Å²) in [5.41, 5.74) is 13.1. The molecule has 4 amide bonds. The van der Waals surface area contributed by atoms with Crippen molar-refractivity contribution in [1.29, 1.82) is 0 Å². The lowest BCUT2D eigenvalue weighted by Gasteiger charge is -2.24. The lowest BCUT2D eigenvalue weighted by molar-refractivity contribution is -0.117. The van der Waals surface area contributed by atoms with Crippen molar-refractivity contribution in [3.05, 3.63) is 36.0 Å². The molecule has 11 heteroatoms. The summed E-state index contributed by atoms with van der Waals surface area (Å²) in [6.45, 7) is 8.82. The van der Waals surface area contributed by atoms with E-state index in [4.69, 9.17) is 11.5 Å². The fourth-order valence-corrected chi connectivity index (χ4v) is 4.39. The first-order valence-electron chi connectivity index (χ1n) is 13.7. The second-order valence-corrected chi connectivity index (χ2v) is 10.6. The average Bonchev–Trinajstić information content (AvgIpc) is 3.28. The molecule has 0 unspecified atom stereocenters. The van der Waals surface area contributed by atoms with Gasteiger partial charge >= 0.3 is 12.1 Å². The quantitative estimate of drug-likeness (QED) is 0.0977. The summed E-state index contributed by atoms with van der Waals surface area (Å²) in [6, 6.07) is 7.10. The number of fused-ring (bicyclic) bond motifs is 1. The molecule has 0 saturated heterocycles. The molecule has 1 aromatic heterocycles. The number of aliphatic imine (C=N–C) groups is 1. The molecule has 1 aromatic carbocycles. The highest BCUT2D eigenvalue weighted by Crippen LogP contribution is 2.20. The van der Waals surface area contributed by atoms with Crippen molar-refractivity contribution >= 4 is 34.7 Å². The number of ketones is 1. The molecule has 0 aliphatic carbocycles. The van der Waals surface area contributed by atoms with Gasteiger partial charge in [-0.05, 0) is 56.1 Å². The van der Waals surface area contributed by atoms with Crippen LogP contribution in [-0.4, -0.2) is 60.5 Å². The second-order valence-electron chi connectivity index (χ2n) is 10.6. The molecule has 0 fully saturated rings. The third kappa shape index (κ3) is 12.1. The number of para-hydroxylation sites is 1. The van der Waals surface area contributed by atoms with Gasteiger partial charge in [-0.2, -0.15) is 0 Å². The van der Waals surface area contributed by atoms with Gasteiger partial charge in [0, 0.05) is 55.2 Å². The van der Waals surface area contributed by atoms with Crippen LogP contribution in [0.2, 0.25) is 0 Å². The van der Waals surface area contributed by atoms with E-state index in [1.165, 1.54) is 10.9 Å². The number of aromatic nitrogens is 1. The van der Waals surface area contributed by atoms with Gasteiger partial charge in [-0.15, -0.1) is 0 Å². The van der Waals surface area contributed by atoms with Crippen LogP contribution in [0.1, 0.15) is 58.9 Å². The molecule has 9 N–H and O–H groups in total. The van der Waals surface area contributed by atoms with Crippen molar-refractivity contribution in [3.63, 3.8) is 0 Å². The fraction of sp³-hybridized carbons (Fsp3) is 0.571. The van der Waals surface area contributed by atoms with E-state index in [9.17, 15) is 14.4 Å². The van der Waals surface area contributed by atoms with Gasteiger partial charge in [0.15, 0.2) is 5.96 Å². The maximum atomic E-state index is 12.7. The predicted molar refractivity (Wildman–Crippen MR) is 156 cm³/mol. The summed E-state index contributed by atoms with van der Waals surface area (Å²) in [5, 5.41) is 12.9. The number of nitrogens with zero attached hydrogens (tertiary/aromatic N) is 1. The van der Waals surface area contributed by atoms with Gasteiger partial charge in [0.25, 0.3) is 0 Å². The van der Waals surface area contributed by atoms with E-state index in [0.717, 1.165) is 11.9 Å².